The predicted octanol–water partition coefficient (Wildman–Crippen LogP) is 0.886. The van der Waals surface area contributed by atoms with Gasteiger partial charge in [-0.05, 0) is 31.5 Å². The summed E-state index contributed by atoms with van der Waals surface area (Å²) in [5.74, 6) is 0.368. The number of aliphatic hydroxyl groups is 1. The van der Waals surface area contributed by atoms with Crippen LogP contribution in [0.4, 0.5) is 0 Å². The number of benzene rings is 1. The second-order valence-electron chi connectivity index (χ2n) is 4.42. The standard InChI is InChI=1S/C14H21NO4/c1-10-5-4-6-13(7-10)19-11(2)14(17)15-12(8-16)9-18-3/h4-7,11-12,16H,8-9H2,1-3H3,(H,15,17). The molecular formula is C14H21NO4. The molecule has 0 saturated carbocycles. The lowest BCUT2D eigenvalue weighted by molar-refractivity contribution is -0.128. The lowest BCUT2D eigenvalue weighted by Gasteiger charge is -2.19. The minimum Gasteiger partial charge on any atom is -0.481 e. The smallest absolute Gasteiger partial charge is 0.261 e. The molecule has 0 aliphatic rings. The van der Waals surface area contributed by atoms with Gasteiger partial charge in [0.25, 0.3) is 5.91 Å². The molecule has 0 aliphatic carbocycles. The third kappa shape index (κ3) is 5.28. The van der Waals surface area contributed by atoms with E-state index in [2.05, 4.69) is 5.32 Å². The van der Waals surface area contributed by atoms with Gasteiger partial charge in [0.1, 0.15) is 5.75 Å². The molecule has 1 aromatic rings. The summed E-state index contributed by atoms with van der Waals surface area (Å²) in [6.07, 6.45) is -0.632. The number of carbonyl (C=O) groups is 1. The van der Waals surface area contributed by atoms with Crippen LogP contribution in [-0.2, 0) is 9.53 Å². The minimum absolute atomic E-state index is 0.170. The average molecular weight is 267 g/mol. The monoisotopic (exact) mass is 267 g/mol. The highest BCUT2D eigenvalue weighted by Gasteiger charge is 2.18. The fourth-order valence-corrected chi connectivity index (χ4v) is 1.61. The van der Waals surface area contributed by atoms with Crippen LogP contribution in [0, 0.1) is 6.92 Å². The van der Waals surface area contributed by atoms with Crippen molar-refractivity contribution in [3.05, 3.63) is 29.8 Å². The van der Waals surface area contributed by atoms with E-state index in [1.54, 1.807) is 13.0 Å². The summed E-state index contributed by atoms with van der Waals surface area (Å²) in [5, 5.41) is 11.7. The molecule has 106 valence electrons. The van der Waals surface area contributed by atoms with Gasteiger partial charge in [-0.25, -0.2) is 0 Å². The van der Waals surface area contributed by atoms with E-state index in [0.717, 1.165) is 5.56 Å². The molecule has 0 spiro atoms. The summed E-state index contributed by atoms with van der Waals surface area (Å²) in [6.45, 7) is 3.72. The van der Waals surface area contributed by atoms with Gasteiger partial charge in [0.2, 0.25) is 0 Å². The van der Waals surface area contributed by atoms with Crippen molar-refractivity contribution in [2.45, 2.75) is 26.0 Å². The first-order valence-electron chi connectivity index (χ1n) is 6.20. The Kier molecular flexibility index (Phi) is 6.32. The van der Waals surface area contributed by atoms with Gasteiger partial charge in [0, 0.05) is 7.11 Å². The van der Waals surface area contributed by atoms with E-state index >= 15 is 0 Å². The van der Waals surface area contributed by atoms with Gasteiger partial charge in [-0.3, -0.25) is 4.79 Å². The maximum absolute atomic E-state index is 11.9. The minimum atomic E-state index is -0.632. The third-order valence-corrected chi connectivity index (χ3v) is 2.61. The maximum atomic E-state index is 11.9. The van der Waals surface area contributed by atoms with Crippen molar-refractivity contribution < 1.29 is 19.4 Å². The number of carbonyl (C=O) groups excluding carboxylic acids is 1. The average Bonchev–Trinajstić information content (AvgIpc) is 2.38. The SMILES string of the molecule is COCC(CO)NC(=O)C(C)Oc1cccc(C)c1. The van der Waals surface area contributed by atoms with Crippen molar-refractivity contribution in [2.24, 2.45) is 0 Å². The van der Waals surface area contributed by atoms with Gasteiger partial charge in [-0.2, -0.15) is 0 Å². The molecule has 0 fully saturated rings. The number of methoxy groups -OCH3 is 1. The second kappa shape index (κ2) is 7.76. The normalized spacial score (nSPS) is 13.7. The fourth-order valence-electron chi connectivity index (χ4n) is 1.61. The molecule has 19 heavy (non-hydrogen) atoms. The summed E-state index contributed by atoms with van der Waals surface area (Å²) in [6, 6.07) is 7.08. The van der Waals surface area contributed by atoms with Crippen molar-refractivity contribution in [3.63, 3.8) is 0 Å². The molecule has 2 unspecified atom stereocenters. The summed E-state index contributed by atoms with van der Waals surface area (Å²) >= 11 is 0. The highest BCUT2D eigenvalue weighted by Crippen LogP contribution is 2.14. The Hall–Kier alpha value is -1.59. The van der Waals surface area contributed by atoms with E-state index in [0.29, 0.717) is 5.75 Å². The molecule has 2 N–H and O–H groups in total. The molecule has 2 atom stereocenters. The van der Waals surface area contributed by atoms with E-state index in [9.17, 15) is 4.79 Å². The number of rotatable bonds is 7. The van der Waals surface area contributed by atoms with Gasteiger partial charge in [0.05, 0.1) is 19.3 Å². The van der Waals surface area contributed by atoms with Gasteiger partial charge >= 0.3 is 0 Å². The Morgan fingerprint density at radius 3 is 2.79 bits per heavy atom. The molecule has 0 aliphatic heterocycles. The highest BCUT2D eigenvalue weighted by atomic mass is 16.5. The molecular weight excluding hydrogens is 246 g/mol. The zero-order chi connectivity index (χ0) is 14.3. The molecule has 0 saturated heterocycles. The van der Waals surface area contributed by atoms with Crippen LogP contribution in [0.3, 0.4) is 0 Å². The molecule has 5 heteroatoms. The summed E-state index contributed by atoms with van der Waals surface area (Å²) in [4.78, 5) is 11.9. The second-order valence-corrected chi connectivity index (χ2v) is 4.42. The van der Waals surface area contributed by atoms with Gasteiger partial charge in [0.15, 0.2) is 6.10 Å². The van der Waals surface area contributed by atoms with Gasteiger partial charge < -0.3 is 19.9 Å². The summed E-state index contributed by atoms with van der Waals surface area (Å²) < 4.78 is 10.4. The summed E-state index contributed by atoms with van der Waals surface area (Å²) in [5.41, 5.74) is 1.07. The topological polar surface area (TPSA) is 67.8 Å². The Balaban J connectivity index is 2.52. The molecule has 1 rings (SSSR count). The first-order chi connectivity index (χ1) is 9.06. The van der Waals surface area contributed by atoms with Gasteiger partial charge in [-0.15, -0.1) is 0 Å². The number of aryl methyl sites for hydroxylation is 1. The van der Waals surface area contributed by atoms with Crippen molar-refractivity contribution in [1.82, 2.24) is 5.32 Å². The lowest BCUT2D eigenvalue weighted by Crippen LogP contribution is -2.46. The molecule has 1 amide bonds. The van der Waals surface area contributed by atoms with E-state index in [-0.39, 0.29) is 19.1 Å². The van der Waals surface area contributed by atoms with Crippen LogP contribution in [0.2, 0.25) is 0 Å². The van der Waals surface area contributed by atoms with Crippen molar-refractivity contribution >= 4 is 5.91 Å². The molecule has 0 aromatic heterocycles. The van der Waals surface area contributed by atoms with Crippen molar-refractivity contribution in [3.8, 4) is 5.75 Å². The zero-order valence-corrected chi connectivity index (χ0v) is 11.6. The number of nitrogens with one attached hydrogen (secondary N) is 1. The van der Waals surface area contributed by atoms with E-state index in [1.807, 2.05) is 25.1 Å². The maximum Gasteiger partial charge on any atom is 0.261 e. The lowest BCUT2D eigenvalue weighted by atomic mass is 10.2. The summed E-state index contributed by atoms with van der Waals surface area (Å²) in [7, 11) is 1.52. The van der Waals surface area contributed by atoms with E-state index in [4.69, 9.17) is 14.6 Å². The Bertz CT molecular complexity index is 408. The van der Waals surface area contributed by atoms with E-state index < -0.39 is 12.1 Å². The van der Waals surface area contributed by atoms with Crippen LogP contribution in [0.1, 0.15) is 12.5 Å². The van der Waals surface area contributed by atoms with Crippen LogP contribution in [0.5, 0.6) is 5.75 Å². The fraction of sp³-hybridized carbons (Fsp3) is 0.500. The van der Waals surface area contributed by atoms with Crippen LogP contribution in [-0.4, -0.2) is 43.5 Å². The zero-order valence-electron chi connectivity index (χ0n) is 11.6. The van der Waals surface area contributed by atoms with Crippen LogP contribution >= 0.6 is 0 Å². The third-order valence-electron chi connectivity index (χ3n) is 2.61. The Labute approximate surface area is 113 Å². The number of amides is 1. The number of hydrogen-bond donors (Lipinski definition) is 2. The van der Waals surface area contributed by atoms with Crippen molar-refractivity contribution in [2.75, 3.05) is 20.3 Å². The number of aliphatic hydroxyl groups excluding tert-OH is 1. The largest absolute Gasteiger partial charge is 0.481 e. The van der Waals surface area contributed by atoms with E-state index in [1.165, 1.54) is 7.11 Å². The number of ether oxygens (including phenoxy) is 2. The van der Waals surface area contributed by atoms with Crippen LogP contribution in [0.15, 0.2) is 24.3 Å². The predicted molar refractivity (Wildman–Crippen MR) is 72.2 cm³/mol. The molecule has 5 nitrogen and oxygen atoms in total. The first-order valence-corrected chi connectivity index (χ1v) is 6.20. The van der Waals surface area contributed by atoms with Gasteiger partial charge in [-0.1, -0.05) is 12.1 Å². The Morgan fingerprint density at radius 1 is 1.47 bits per heavy atom. The molecule has 1 aromatic carbocycles. The molecule has 0 radical (unpaired) electrons. The molecule has 0 heterocycles. The quantitative estimate of drug-likeness (QED) is 0.770. The first kappa shape index (κ1) is 15.5. The molecule has 0 bridgehead atoms. The Morgan fingerprint density at radius 2 is 2.21 bits per heavy atom. The highest BCUT2D eigenvalue weighted by molar-refractivity contribution is 5.81. The van der Waals surface area contributed by atoms with Crippen LogP contribution < -0.4 is 10.1 Å². The number of hydrogen-bond acceptors (Lipinski definition) is 4. The van der Waals surface area contributed by atoms with Crippen molar-refractivity contribution in [1.29, 1.82) is 0 Å². The van der Waals surface area contributed by atoms with Crippen LogP contribution in [0.25, 0.3) is 0 Å².